The van der Waals surface area contributed by atoms with Gasteiger partial charge in [-0.25, -0.2) is 4.68 Å². The minimum Gasteiger partial charge on any atom is -0.472 e. The molecule has 0 aliphatic carbocycles. The van der Waals surface area contributed by atoms with Gasteiger partial charge in [0.05, 0.1) is 18.4 Å². The minimum atomic E-state index is -0.406. The summed E-state index contributed by atoms with van der Waals surface area (Å²) in [6.07, 6.45) is 2.07. The van der Waals surface area contributed by atoms with Crippen LogP contribution >= 0.6 is 0 Å². The predicted octanol–water partition coefficient (Wildman–Crippen LogP) is 1.32. The summed E-state index contributed by atoms with van der Waals surface area (Å²) in [5.74, 6) is 0.323. The van der Waals surface area contributed by atoms with E-state index in [0.717, 1.165) is 0 Å². The van der Waals surface area contributed by atoms with E-state index in [1.807, 2.05) is 19.9 Å². The smallest absolute Gasteiger partial charge is 0.257 e. The van der Waals surface area contributed by atoms with Crippen molar-refractivity contribution in [3.8, 4) is 11.9 Å². The summed E-state index contributed by atoms with van der Waals surface area (Å²) < 4.78 is 6.86. The number of ether oxygens (including phenoxy) is 1. The molecule has 6 heteroatoms. The molecule has 16 heavy (non-hydrogen) atoms. The molecule has 0 saturated carbocycles. The molecular weight excluding hydrogens is 208 g/mol. The highest BCUT2D eigenvalue weighted by Gasteiger charge is 2.14. The molecule has 1 atom stereocenters. The number of anilines is 1. The quantitative estimate of drug-likeness (QED) is 0.762. The summed E-state index contributed by atoms with van der Waals surface area (Å²) in [5, 5.41) is 15.3. The van der Waals surface area contributed by atoms with Gasteiger partial charge in [-0.3, -0.25) is 4.79 Å². The molecule has 0 aliphatic rings. The topological polar surface area (TPSA) is 79.9 Å². The van der Waals surface area contributed by atoms with Crippen molar-refractivity contribution in [1.82, 2.24) is 9.78 Å². The Morgan fingerprint density at radius 3 is 2.81 bits per heavy atom. The van der Waals surface area contributed by atoms with E-state index in [1.54, 1.807) is 13.1 Å². The zero-order valence-corrected chi connectivity index (χ0v) is 9.47. The average molecular weight is 222 g/mol. The maximum atomic E-state index is 10.4. The van der Waals surface area contributed by atoms with E-state index in [1.165, 1.54) is 4.68 Å². The number of carbonyl (C=O) groups excluding carboxylic acids is 1. The van der Waals surface area contributed by atoms with Crippen LogP contribution in [0.2, 0.25) is 0 Å². The highest BCUT2D eigenvalue weighted by molar-refractivity contribution is 5.73. The van der Waals surface area contributed by atoms with Gasteiger partial charge in [0, 0.05) is 0 Å². The lowest BCUT2D eigenvalue weighted by molar-refractivity contribution is -0.105. The van der Waals surface area contributed by atoms with Crippen molar-refractivity contribution in [2.24, 2.45) is 0 Å². The highest BCUT2D eigenvalue weighted by Crippen LogP contribution is 2.24. The highest BCUT2D eigenvalue weighted by atomic mass is 16.5. The van der Waals surface area contributed by atoms with E-state index >= 15 is 0 Å². The zero-order valence-electron chi connectivity index (χ0n) is 9.47. The van der Waals surface area contributed by atoms with Gasteiger partial charge < -0.3 is 10.1 Å². The normalized spacial score (nSPS) is 11.9. The second kappa shape index (κ2) is 5.16. The van der Waals surface area contributed by atoms with E-state index < -0.39 is 6.04 Å². The Morgan fingerprint density at radius 2 is 2.31 bits per heavy atom. The van der Waals surface area contributed by atoms with E-state index in [0.29, 0.717) is 18.0 Å². The number of nitrogens with one attached hydrogen (secondary N) is 1. The van der Waals surface area contributed by atoms with Gasteiger partial charge in [-0.1, -0.05) is 0 Å². The van der Waals surface area contributed by atoms with Crippen LogP contribution in [0.4, 0.5) is 5.69 Å². The SMILES string of the molecule is CC(C)Oc1nn(C(C)C#N)cc1NC=O. The molecule has 1 aromatic rings. The molecule has 1 unspecified atom stereocenters. The third-order valence-corrected chi connectivity index (χ3v) is 1.84. The molecule has 0 fully saturated rings. The molecule has 1 rings (SSSR count). The van der Waals surface area contributed by atoms with Crippen LogP contribution in [0, 0.1) is 11.3 Å². The Labute approximate surface area is 93.8 Å². The number of hydrogen-bond acceptors (Lipinski definition) is 4. The van der Waals surface area contributed by atoms with Crippen LogP contribution in [0.25, 0.3) is 0 Å². The Balaban J connectivity index is 3.00. The van der Waals surface area contributed by atoms with E-state index in [4.69, 9.17) is 10.00 Å². The third-order valence-electron chi connectivity index (χ3n) is 1.84. The molecule has 0 bridgehead atoms. The first kappa shape index (κ1) is 12.0. The van der Waals surface area contributed by atoms with E-state index in [2.05, 4.69) is 10.4 Å². The molecule has 0 radical (unpaired) electrons. The number of rotatable bonds is 5. The summed E-state index contributed by atoms with van der Waals surface area (Å²) in [4.78, 5) is 10.4. The van der Waals surface area contributed by atoms with Gasteiger partial charge in [0.25, 0.3) is 5.88 Å². The maximum Gasteiger partial charge on any atom is 0.257 e. The van der Waals surface area contributed by atoms with E-state index in [-0.39, 0.29) is 6.10 Å². The van der Waals surface area contributed by atoms with Crippen molar-refractivity contribution in [3.05, 3.63) is 6.20 Å². The summed E-state index contributed by atoms with van der Waals surface area (Å²) in [5.41, 5.74) is 0.464. The number of amides is 1. The molecular formula is C10H14N4O2. The number of nitriles is 1. The van der Waals surface area contributed by atoms with Crippen molar-refractivity contribution in [1.29, 1.82) is 5.26 Å². The standard InChI is InChI=1S/C10H14N4O2/c1-7(2)16-10-9(12-6-15)5-14(13-10)8(3)4-11/h5-8H,1-3H3,(H,12,15). The van der Waals surface area contributed by atoms with Gasteiger partial charge in [0.15, 0.2) is 0 Å². The zero-order chi connectivity index (χ0) is 12.1. The second-order valence-corrected chi connectivity index (χ2v) is 3.56. The average Bonchev–Trinajstić information content (AvgIpc) is 2.60. The fourth-order valence-corrected chi connectivity index (χ4v) is 1.11. The maximum absolute atomic E-state index is 10.4. The van der Waals surface area contributed by atoms with Crippen LogP contribution in [0.1, 0.15) is 26.8 Å². The largest absolute Gasteiger partial charge is 0.472 e. The molecule has 1 aromatic heterocycles. The van der Waals surface area contributed by atoms with Crippen molar-refractivity contribution in [2.75, 3.05) is 5.32 Å². The Hall–Kier alpha value is -2.03. The summed E-state index contributed by atoms with van der Waals surface area (Å²) in [6.45, 7) is 5.42. The lowest BCUT2D eigenvalue weighted by atomic mass is 10.4. The van der Waals surface area contributed by atoms with Crippen molar-refractivity contribution in [2.45, 2.75) is 32.9 Å². The molecule has 6 nitrogen and oxygen atoms in total. The van der Waals surface area contributed by atoms with Gasteiger partial charge in [-0.05, 0) is 20.8 Å². The number of aromatic nitrogens is 2. The van der Waals surface area contributed by atoms with Gasteiger partial charge in [0.1, 0.15) is 11.7 Å². The van der Waals surface area contributed by atoms with Crippen LogP contribution in [0.15, 0.2) is 6.20 Å². The Bertz CT molecular complexity index is 405. The van der Waals surface area contributed by atoms with Gasteiger partial charge in [-0.15, -0.1) is 5.10 Å². The van der Waals surface area contributed by atoms with Gasteiger partial charge in [0.2, 0.25) is 6.41 Å². The summed E-state index contributed by atoms with van der Waals surface area (Å²) >= 11 is 0. The van der Waals surface area contributed by atoms with Crippen molar-refractivity contribution in [3.63, 3.8) is 0 Å². The minimum absolute atomic E-state index is 0.0482. The van der Waals surface area contributed by atoms with E-state index in [9.17, 15) is 4.79 Å². The fourth-order valence-electron chi connectivity index (χ4n) is 1.11. The molecule has 0 aliphatic heterocycles. The summed E-state index contributed by atoms with van der Waals surface area (Å²) in [7, 11) is 0. The van der Waals surface area contributed by atoms with Crippen LogP contribution < -0.4 is 10.1 Å². The Kier molecular flexibility index (Phi) is 3.89. The first-order chi connectivity index (χ1) is 7.58. The van der Waals surface area contributed by atoms with Crippen molar-refractivity contribution >= 4 is 12.1 Å². The first-order valence-electron chi connectivity index (χ1n) is 4.94. The lowest BCUT2D eigenvalue weighted by Crippen LogP contribution is -2.08. The van der Waals surface area contributed by atoms with Crippen LogP contribution in [0.3, 0.4) is 0 Å². The van der Waals surface area contributed by atoms with Gasteiger partial charge >= 0.3 is 0 Å². The van der Waals surface area contributed by atoms with Gasteiger partial charge in [-0.2, -0.15) is 5.26 Å². The second-order valence-electron chi connectivity index (χ2n) is 3.56. The third kappa shape index (κ3) is 2.73. The molecule has 0 aromatic carbocycles. The van der Waals surface area contributed by atoms with Crippen LogP contribution in [-0.2, 0) is 4.79 Å². The molecule has 0 spiro atoms. The molecule has 0 saturated heterocycles. The Morgan fingerprint density at radius 1 is 1.62 bits per heavy atom. The monoisotopic (exact) mass is 222 g/mol. The van der Waals surface area contributed by atoms with Crippen molar-refractivity contribution < 1.29 is 9.53 Å². The molecule has 1 amide bonds. The molecule has 1 N–H and O–H groups in total. The van der Waals surface area contributed by atoms with Crippen LogP contribution in [0.5, 0.6) is 5.88 Å². The number of nitrogens with zero attached hydrogens (tertiary/aromatic N) is 3. The number of carbonyl (C=O) groups is 1. The predicted molar refractivity (Wildman–Crippen MR) is 58.0 cm³/mol. The molecule has 86 valence electrons. The lowest BCUT2D eigenvalue weighted by Gasteiger charge is -2.07. The number of hydrogen-bond donors (Lipinski definition) is 1. The molecule has 1 heterocycles. The first-order valence-corrected chi connectivity index (χ1v) is 4.94. The fraction of sp³-hybridized carbons (Fsp3) is 0.500. The summed E-state index contributed by atoms with van der Waals surface area (Å²) in [6, 6.07) is 1.64. The van der Waals surface area contributed by atoms with Crippen LogP contribution in [-0.4, -0.2) is 22.3 Å².